The molecule has 1 aromatic rings. The zero-order valence-electron chi connectivity index (χ0n) is 10.3. The van der Waals surface area contributed by atoms with Crippen LogP contribution in [-0.4, -0.2) is 43.7 Å². The summed E-state index contributed by atoms with van der Waals surface area (Å²) in [6.07, 6.45) is 0. The molecule has 1 saturated heterocycles. The normalized spacial score (nSPS) is 15.6. The van der Waals surface area contributed by atoms with Crippen molar-refractivity contribution < 1.29 is 14.3 Å². The summed E-state index contributed by atoms with van der Waals surface area (Å²) in [6.45, 7) is 4.89. The maximum absolute atomic E-state index is 12.2. The van der Waals surface area contributed by atoms with E-state index in [0.717, 1.165) is 0 Å². The Bertz CT molecular complexity index is 430. The molecule has 1 fully saturated rings. The second kappa shape index (κ2) is 6.07. The first-order chi connectivity index (χ1) is 8.72. The average molecular weight is 270 g/mol. The predicted molar refractivity (Wildman–Crippen MR) is 69.3 cm³/mol. The van der Waals surface area contributed by atoms with Crippen LogP contribution in [0.4, 0.5) is 0 Å². The van der Waals surface area contributed by atoms with Crippen LogP contribution in [0.3, 0.4) is 0 Å². The van der Waals surface area contributed by atoms with Crippen molar-refractivity contribution in [3.63, 3.8) is 0 Å². The molecule has 0 aromatic heterocycles. The summed E-state index contributed by atoms with van der Waals surface area (Å²) in [6, 6.07) is 5.14. The lowest BCUT2D eigenvalue weighted by Gasteiger charge is -2.27. The van der Waals surface area contributed by atoms with Gasteiger partial charge >= 0.3 is 0 Å². The van der Waals surface area contributed by atoms with Crippen LogP contribution in [-0.2, 0) is 4.74 Å². The first-order valence-corrected chi connectivity index (χ1v) is 6.39. The minimum atomic E-state index is -0.0109. The predicted octanol–water partition coefficient (Wildman–Crippen LogP) is 2.21. The lowest BCUT2D eigenvalue weighted by molar-refractivity contribution is 0.0303. The summed E-state index contributed by atoms with van der Waals surface area (Å²) in [5, 5.41) is 0.468. The Balaban J connectivity index is 2.12. The number of amides is 1. The second-order valence-electron chi connectivity index (χ2n) is 3.98. The van der Waals surface area contributed by atoms with Gasteiger partial charge in [-0.2, -0.15) is 0 Å². The monoisotopic (exact) mass is 269 g/mol. The van der Waals surface area contributed by atoms with Crippen LogP contribution < -0.4 is 4.74 Å². The van der Waals surface area contributed by atoms with Gasteiger partial charge in [0.05, 0.1) is 24.8 Å². The van der Waals surface area contributed by atoms with Gasteiger partial charge in [0.2, 0.25) is 0 Å². The SMILES string of the molecule is CCOc1ccc(C(=O)N2CCOCC2)cc1Cl. The highest BCUT2D eigenvalue weighted by Crippen LogP contribution is 2.26. The minimum absolute atomic E-state index is 0.0109. The van der Waals surface area contributed by atoms with Crippen molar-refractivity contribution in [2.45, 2.75) is 6.92 Å². The lowest BCUT2D eigenvalue weighted by Crippen LogP contribution is -2.40. The summed E-state index contributed by atoms with van der Waals surface area (Å²) in [7, 11) is 0. The number of hydrogen-bond acceptors (Lipinski definition) is 3. The fraction of sp³-hybridized carbons (Fsp3) is 0.462. The molecule has 0 bridgehead atoms. The summed E-state index contributed by atoms with van der Waals surface area (Å²) < 4.78 is 10.6. The maximum Gasteiger partial charge on any atom is 0.254 e. The van der Waals surface area contributed by atoms with Crippen molar-refractivity contribution >= 4 is 17.5 Å². The minimum Gasteiger partial charge on any atom is -0.492 e. The molecule has 2 rings (SSSR count). The number of halogens is 1. The molecule has 98 valence electrons. The molecule has 0 radical (unpaired) electrons. The Labute approximate surface area is 111 Å². The van der Waals surface area contributed by atoms with Crippen molar-refractivity contribution in [3.05, 3.63) is 28.8 Å². The zero-order chi connectivity index (χ0) is 13.0. The van der Waals surface area contributed by atoms with Gasteiger partial charge in [-0.3, -0.25) is 4.79 Å². The molecule has 5 heteroatoms. The van der Waals surface area contributed by atoms with Crippen LogP contribution >= 0.6 is 11.6 Å². The van der Waals surface area contributed by atoms with Gasteiger partial charge in [-0.15, -0.1) is 0 Å². The van der Waals surface area contributed by atoms with Gasteiger partial charge < -0.3 is 14.4 Å². The first kappa shape index (κ1) is 13.2. The molecule has 18 heavy (non-hydrogen) atoms. The number of nitrogens with zero attached hydrogens (tertiary/aromatic N) is 1. The fourth-order valence-corrected chi connectivity index (χ4v) is 2.09. The molecular formula is C13H16ClNO3. The lowest BCUT2D eigenvalue weighted by atomic mass is 10.2. The Kier molecular flexibility index (Phi) is 4.44. The highest BCUT2D eigenvalue weighted by molar-refractivity contribution is 6.32. The summed E-state index contributed by atoms with van der Waals surface area (Å²) in [5.74, 6) is 0.598. The Hall–Kier alpha value is -1.26. The number of benzene rings is 1. The topological polar surface area (TPSA) is 38.8 Å². The van der Waals surface area contributed by atoms with E-state index in [2.05, 4.69) is 0 Å². The molecule has 0 N–H and O–H groups in total. The highest BCUT2D eigenvalue weighted by Gasteiger charge is 2.19. The van der Waals surface area contributed by atoms with Crippen molar-refractivity contribution in [3.8, 4) is 5.75 Å². The summed E-state index contributed by atoms with van der Waals surface area (Å²) in [4.78, 5) is 14.0. The molecular weight excluding hydrogens is 254 g/mol. The van der Waals surface area contributed by atoms with E-state index in [1.807, 2.05) is 6.92 Å². The Morgan fingerprint density at radius 2 is 2.17 bits per heavy atom. The van der Waals surface area contributed by atoms with E-state index in [9.17, 15) is 4.79 Å². The Morgan fingerprint density at radius 1 is 1.44 bits per heavy atom. The van der Waals surface area contributed by atoms with Crippen molar-refractivity contribution in [2.24, 2.45) is 0 Å². The van der Waals surface area contributed by atoms with Gasteiger partial charge in [-0.25, -0.2) is 0 Å². The van der Waals surface area contributed by atoms with E-state index < -0.39 is 0 Å². The number of rotatable bonds is 3. The first-order valence-electron chi connectivity index (χ1n) is 6.01. The molecule has 0 saturated carbocycles. The third-order valence-corrected chi connectivity index (χ3v) is 3.07. The van der Waals surface area contributed by atoms with E-state index >= 15 is 0 Å². The van der Waals surface area contributed by atoms with Crippen LogP contribution in [0.15, 0.2) is 18.2 Å². The van der Waals surface area contributed by atoms with E-state index in [4.69, 9.17) is 21.1 Å². The number of carbonyl (C=O) groups is 1. The highest BCUT2D eigenvalue weighted by atomic mass is 35.5. The second-order valence-corrected chi connectivity index (χ2v) is 4.39. The van der Waals surface area contributed by atoms with E-state index in [0.29, 0.717) is 49.2 Å². The quantitative estimate of drug-likeness (QED) is 0.845. The number of ether oxygens (including phenoxy) is 2. The third-order valence-electron chi connectivity index (χ3n) is 2.78. The molecule has 1 heterocycles. The van der Waals surface area contributed by atoms with Gasteiger partial charge in [0.15, 0.2) is 0 Å². The van der Waals surface area contributed by atoms with Crippen molar-refractivity contribution in [1.29, 1.82) is 0 Å². The van der Waals surface area contributed by atoms with E-state index in [1.165, 1.54) is 0 Å². The zero-order valence-corrected chi connectivity index (χ0v) is 11.1. The molecule has 1 amide bonds. The molecule has 1 aliphatic heterocycles. The average Bonchev–Trinajstić information content (AvgIpc) is 2.41. The molecule has 4 nitrogen and oxygen atoms in total. The summed E-state index contributed by atoms with van der Waals surface area (Å²) in [5.41, 5.74) is 0.588. The van der Waals surface area contributed by atoms with Crippen LogP contribution in [0, 0.1) is 0 Å². The molecule has 0 unspecified atom stereocenters. The third kappa shape index (κ3) is 2.94. The molecule has 0 aliphatic carbocycles. The number of hydrogen-bond donors (Lipinski definition) is 0. The molecule has 0 atom stereocenters. The largest absolute Gasteiger partial charge is 0.492 e. The standard InChI is InChI=1S/C13H16ClNO3/c1-2-18-12-4-3-10(9-11(12)14)13(16)15-5-7-17-8-6-15/h3-4,9H,2,5-8H2,1H3. The van der Waals surface area contributed by atoms with E-state index in [1.54, 1.807) is 23.1 Å². The number of morpholine rings is 1. The van der Waals surface area contributed by atoms with Crippen LogP contribution in [0.2, 0.25) is 5.02 Å². The van der Waals surface area contributed by atoms with E-state index in [-0.39, 0.29) is 5.91 Å². The van der Waals surface area contributed by atoms with Gasteiger partial charge in [0, 0.05) is 18.7 Å². The van der Waals surface area contributed by atoms with Crippen LogP contribution in [0.1, 0.15) is 17.3 Å². The summed E-state index contributed by atoms with van der Waals surface area (Å²) >= 11 is 6.07. The van der Waals surface area contributed by atoms with Gasteiger partial charge in [-0.1, -0.05) is 11.6 Å². The molecule has 1 aliphatic rings. The number of carbonyl (C=O) groups excluding carboxylic acids is 1. The van der Waals surface area contributed by atoms with Crippen LogP contribution in [0.5, 0.6) is 5.75 Å². The fourth-order valence-electron chi connectivity index (χ4n) is 1.86. The van der Waals surface area contributed by atoms with Gasteiger partial charge in [0.25, 0.3) is 5.91 Å². The molecule has 1 aromatic carbocycles. The van der Waals surface area contributed by atoms with Crippen molar-refractivity contribution in [2.75, 3.05) is 32.9 Å². The van der Waals surface area contributed by atoms with Gasteiger partial charge in [-0.05, 0) is 25.1 Å². The van der Waals surface area contributed by atoms with Crippen molar-refractivity contribution in [1.82, 2.24) is 4.90 Å². The molecule has 0 spiro atoms. The smallest absolute Gasteiger partial charge is 0.254 e. The Morgan fingerprint density at radius 3 is 2.78 bits per heavy atom. The maximum atomic E-state index is 12.2. The van der Waals surface area contributed by atoms with Gasteiger partial charge in [0.1, 0.15) is 5.75 Å². The van der Waals surface area contributed by atoms with Crippen LogP contribution in [0.25, 0.3) is 0 Å².